The van der Waals surface area contributed by atoms with Crippen molar-refractivity contribution in [2.45, 2.75) is 64.6 Å². The standard InChI is InChI=1S/C27H32FN7O/c1-3-35-16-22-24(33-11-9-19(10-12-33)30-18-5-4-6-18)8-7-21(25(22)32-35)27(36)31-20-13-23(28)26-29-17(2)14-34(26)15-20/h7-8,13-16,18-19,30H,3-6,9-12H2,1-2H3,(H,31,36). The Morgan fingerprint density at radius 2 is 1.89 bits per heavy atom. The van der Waals surface area contributed by atoms with Gasteiger partial charge in [0.2, 0.25) is 0 Å². The van der Waals surface area contributed by atoms with Crippen molar-refractivity contribution < 1.29 is 9.18 Å². The number of rotatable bonds is 6. The van der Waals surface area contributed by atoms with Crippen molar-refractivity contribution in [1.82, 2.24) is 24.5 Å². The molecule has 8 nitrogen and oxygen atoms in total. The summed E-state index contributed by atoms with van der Waals surface area (Å²) in [6, 6.07) is 6.47. The Kier molecular flexibility index (Phi) is 5.87. The van der Waals surface area contributed by atoms with Gasteiger partial charge < -0.3 is 19.9 Å². The van der Waals surface area contributed by atoms with Crippen LogP contribution in [0.15, 0.2) is 36.8 Å². The summed E-state index contributed by atoms with van der Waals surface area (Å²) in [5.74, 6) is -0.793. The van der Waals surface area contributed by atoms with Crippen LogP contribution in [-0.4, -0.2) is 50.2 Å². The van der Waals surface area contributed by atoms with Gasteiger partial charge in [-0.2, -0.15) is 5.10 Å². The Morgan fingerprint density at radius 1 is 1.11 bits per heavy atom. The number of nitrogens with one attached hydrogen (secondary N) is 2. The minimum absolute atomic E-state index is 0.241. The lowest BCUT2D eigenvalue weighted by Gasteiger charge is -2.38. The lowest BCUT2D eigenvalue weighted by Crippen LogP contribution is -2.48. The fraction of sp³-hybridized carbons (Fsp3) is 0.444. The van der Waals surface area contributed by atoms with Crippen molar-refractivity contribution in [3.05, 3.63) is 53.9 Å². The van der Waals surface area contributed by atoms with Crippen molar-refractivity contribution in [1.29, 1.82) is 0 Å². The largest absolute Gasteiger partial charge is 0.371 e. The zero-order valence-electron chi connectivity index (χ0n) is 20.8. The van der Waals surface area contributed by atoms with E-state index in [4.69, 9.17) is 5.10 Å². The van der Waals surface area contributed by atoms with Crippen LogP contribution in [0.4, 0.5) is 15.8 Å². The highest BCUT2D eigenvalue weighted by Gasteiger charge is 2.26. The summed E-state index contributed by atoms with van der Waals surface area (Å²) >= 11 is 0. The normalized spacial score (nSPS) is 17.1. The zero-order chi connectivity index (χ0) is 24.8. The number of piperidine rings is 1. The average Bonchev–Trinajstić information content (AvgIpc) is 3.44. The minimum Gasteiger partial charge on any atom is -0.371 e. The van der Waals surface area contributed by atoms with Crippen LogP contribution in [0, 0.1) is 12.7 Å². The lowest BCUT2D eigenvalue weighted by atomic mass is 9.91. The Balaban J connectivity index is 1.25. The number of aryl methyl sites for hydroxylation is 2. The van der Waals surface area contributed by atoms with Gasteiger partial charge in [0, 0.05) is 67.4 Å². The summed E-state index contributed by atoms with van der Waals surface area (Å²) in [5, 5.41) is 12.4. The summed E-state index contributed by atoms with van der Waals surface area (Å²) in [4.78, 5) is 19.9. The second kappa shape index (κ2) is 9.20. The van der Waals surface area contributed by atoms with E-state index in [-0.39, 0.29) is 11.6 Å². The number of halogens is 1. The molecule has 1 amide bonds. The third-order valence-electron chi connectivity index (χ3n) is 7.57. The molecule has 6 rings (SSSR count). The van der Waals surface area contributed by atoms with Crippen molar-refractivity contribution in [3.63, 3.8) is 0 Å². The highest BCUT2D eigenvalue weighted by molar-refractivity contribution is 6.13. The Hall–Kier alpha value is -3.46. The number of benzene rings is 1. The van der Waals surface area contributed by atoms with Crippen LogP contribution < -0.4 is 15.5 Å². The van der Waals surface area contributed by atoms with Crippen molar-refractivity contribution in [2.24, 2.45) is 0 Å². The van der Waals surface area contributed by atoms with Crippen LogP contribution in [0.25, 0.3) is 16.6 Å². The molecule has 0 unspecified atom stereocenters. The predicted molar refractivity (Wildman–Crippen MR) is 139 cm³/mol. The molecule has 0 atom stereocenters. The first-order valence-electron chi connectivity index (χ1n) is 13.0. The van der Waals surface area contributed by atoms with E-state index in [1.165, 1.54) is 25.3 Å². The van der Waals surface area contributed by atoms with E-state index in [0.29, 0.717) is 41.1 Å². The van der Waals surface area contributed by atoms with Crippen LogP contribution in [-0.2, 0) is 6.54 Å². The number of anilines is 2. The topological polar surface area (TPSA) is 79.5 Å². The molecule has 1 aromatic carbocycles. The van der Waals surface area contributed by atoms with E-state index in [0.717, 1.165) is 37.0 Å². The van der Waals surface area contributed by atoms with Crippen LogP contribution in [0.3, 0.4) is 0 Å². The van der Waals surface area contributed by atoms with E-state index in [9.17, 15) is 9.18 Å². The SMILES string of the molecule is CCn1cc2c(N3CCC(NC4CCC4)CC3)ccc(C(=O)Nc3cc(F)c4nc(C)cn4c3)c2n1. The molecule has 1 aliphatic carbocycles. The highest BCUT2D eigenvalue weighted by Crippen LogP contribution is 2.32. The third kappa shape index (κ3) is 4.21. The van der Waals surface area contributed by atoms with Crippen LogP contribution in [0.1, 0.15) is 55.1 Å². The predicted octanol–water partition coefficient (Wildman–Crippen LogP) is 4.51. The van der Waals surface area contributed by atoms with Gasteiger partial charge >= 0.3 is 0 Å². The van der Waals surface area contributed by atoms with Crippen LogP contribution in [0.5, 0.6) is 0 Å². The maximum absolute atomic E-state index is 14.5. The number of hydrogen-bond acceptors (Lipinski definition) is 5. The molecule has 36 heavy (non-hydrogen) atoms. The maximum atomic E-state index is 14.5. The van der Waals surface area contributed by atoms with Gasteiger partial charge in [0.15, 0.2) is 11.5 Å². The number of hydrogen-bond donors (Lipinski definition) is 2. The van der Waals surface area contributed by atoms with Gasteiger partial charge in [0.25, 0.3) is 5.91 Å². The number of carbonyl (C=O) groups excluding carboxylic acids is 1. The quantitative estimate of drug-likeness (QED) is 0.417. The molecule has 4 aromatic rings. The number of pyridine rings is 1. The molecule has 0 radical (unpaired) electrons. The van der Waals surface area contributed by atoms with Crippen molar-refractivity contribution in [2.75, 3.05) is 23.3 Å². The fourth-order valence-corrected chi connectivity index (χ4v) is 5.40. The smallest absolute Gasteiger partial charge is 0.257 e. The van der Waals surface area contributed by atoms with E-state index in [1.54, 1.807) is 23.7 Å². The van der Waals surface area contributed by atoms with Crippen LogP contribution >= 0.6 is 0 Å². The first-order chi connectivity index (χ1) is 17.5. The third-order valence-corrected chi connectivity index (χ3v) is 7.57. The Morgan fingerprint density at radius 3 is 2.61 bits per heavy atom. The van der Waals surface area contributed by atoms with Crippen molar-refractivity contribution >= 4 is 33.8 Å². The summed E-state index contributed by atoms with van der Waals surface area (Å²) in [6.07, 6.45) is 11.6. The summed E-state index contributed by atoms with van der Waals surface area (Å²) in [6.45, 7) is 6.51. The Bertz CT molecular complexity index is 1430. The average molecular weight is 490 g/mol. The Labute approximate surface area is 209 Å². The highest BCUT2D eigenvalue weighted by atomic mass is 19.1. The zero-order valence-corrected chi connectivity index (χ0v) is 20.8. The minimum atomic E-state index is -0.480. The molecule has 3 aromatic heterocycles. The summed E-state index contributed by atoms with van der Waals surface area (Å²) < 4.78 is 18.0. The molecule has 2 fully saturated rings. The number of imidazole rings is 1. The molecule has 188 valence electrons. The van der Waals surface area contributed by atoms with E-state index < -0.39 is 5.82 Å². The molecule has 2 aliphatic rings. The van der Waals surface area contributed by atoms with E-state index >= 15 is 0 Å². The van der Waals surface area contributed by atoms with Gasteiger partial charge in [-0.15, -0.1) is 0 Å². The molecule has 1 aliphatic heterocycles. The van der Waals surface area contributed by atoms with Gasteiger partial charge in [-0.25, -0.2) is 9.37 Å². The molecule has 0 spiro atoms. The number of amides is 1. The first-order valence-corrected chi connectivity index (χ1v) is 13.0. The number of fused-ring (bicyclic) bond motifs is 2. The molecule has 1 saturated heterocycles. The number of nitrogens with zero attached hydrogens (tertiary/aromatic N) is 5. The molecule has 2 N–H and O–H groups in total. The monoisotopic (exact) mass is 489 g/mol. The molecular weight excluding hydrogens is 457 g/mol. The maximum Gasteiger partial charge on any atom is 0.257 e. The summed E-state index contributed by atoms with van der Waals surface area (Å²) in [5.41, 5.74) is 3.58. The fourth-order valence-electron chi connectivity index (χ4n) is 5.40. The van der Waals surface area contributed by atoms with Gasteiger partial charge in [-0.1, -0.05) is 6.42 Å². The molecule has 9 heteroatoms. The second-order valence-electron chi connectivity index (χ2n) is 10.1. The molecule has 4 heterocycles. The van der Waals surface area contributed by atoms with Crippen molar-refractivity contribution in [3.8, 4) is 0 Å². The van der Waals surface area contributed by atoms with E-state index in [1.807, 2.05) is 29.9 Å². The van der Waals surface area contributed by atoms with Gasteiger partial charge in [-0.05, 0) is 51.7 Å². The lowest BCUT2D eigenvalue weighted by molar-refractivity contribution is 0.102. The molecular formula is C27H32FN7O. The second-order valence-corrected chi connectivity index (χ2v) is 10.1. The number of carbonyl (C=O) groups is 1. The first kappa shape index (κ1) is 23.0. The summed E-state index contributed by atoms with van der Waals surface area (Å²) in [7, 11) is 0. The van der Waals surface area contributed by atoms with Gasteiger partial charge in [0.05, 0.1) is 16.9 Å². The number of aromatic nitrogens is 4. The molecule has 0 bridgehead atoms. The van der Waals surface area contributed by atoms with Gasteiger partial charge in [-0.3, -0.25) is 9.48 Å². The van der Waals surface area contributed by atoms with Gasteiger partial charge in [0.1, 0.15) is 5.52 Å². The molecule has 1 saturated carbocycles. The van der Waals surface area contributed by atoms with Crippen LogP contribution in [0.2, 0.25) is 0 Å². The van der Waals surface area contributed by atoms with E-state index in [2.05, 4.69) is 20.5 Å².